The number of amides is 2. The Morgan fingerprint density at radius 3 is 3.00 bits per heavy atom. The molecule has 0 spiro atoms. The predicted molar refractivity (Wildman–Crippen MR) is 62.4 cm³/mol. The van der Waals surface area contributed by atoms with E-state index in [0.717, 1.165) is 23.4 Å². The first-order valence-electron chi connectivity index (χ1n) is 5.17. The fourth-order valence-corrected chi connectivity index (χ4v) is 2.08. The number of rotatable bonds is 1. The highest BCUT2D eigenvalue weighted by Crippen LogP contribution is 2.23. The van der Waals surface area contributed by atoms with Crippen molar-refractivity contribution in [3.63, 3.8) is 0 Å². The van der Waals surface area contributed by atoms with E-state index >= 15 is 0 Å². The van der Waals surface area contributed by atoms with Crippen molar-refractivity contribution in [1.82, 2.24) is 15.0 Å². The largest absolute Gasteiger partial charge is 0.361 e. The number of thiol groups is 1. The molecule has 0 atom stereocenters. The van der Waals surface area contributed by atoms with Crippen molar-refractivity contribution in [2.24, 2.45) is 0 Å². The highest BCUT2D eigenvalue weighted by atomic mass is 32.1. The Kier molecular flexibility index (Phi) is 3.09. The predicted octanol–water partition coefficient (Wildman–Crippen LogP) is 1.14. The maximum absolute atomic E-state index is 11.8. The molecule has 0 bridgehead atoms. The van der Waals surface area contributed by atoms with Gasteiger partial charge in [0.2, 0.25) is 0 Å². The number of urea groups is 1. The van der Waals surface area contributed by atoms with Crippen LogP contribution in [-0.4, -0.2) is 41.6 Å². The number of carbonyl (C=O) groups excluding carboxylic acids is 1. The zero-order chi connectivity index (χ0) is 11.7. The highest BCUT2D eigenvalue weighted by Gasteiger charge is 2.26. The maximum Gasteiger partial charge on any atom is 0.319 e. The lowest BCUT2D eigenvalue weighted by Crippen LogP contribution is -2.42. The summed E-state index contributed by atoms with van der Waals surface area (Å²) in [6, 6.07) is 0.0250. The molecule has 1 aliphatic rings. The Bertz CT molecular complexity index is 389. The van der Waals surface area contributed by atoms with Gasteiger partial charge in [-0.1, -0.05) is 5.16 Å². The molecule has 0 radical (unpaired) electrons. The first-order chi connectivity index (χ1) is 7.63. The number of carbonyl (C=O) groups is 1. The molecule has 1 aromatic rings. The first-order valence-corrected chi connectivity index (χ1v) is 5.80. The second kappa shape index (κ2) is 4.37. The van der Waals surface area contributed by atoms with Crippen LogP contribution in [0.3, 0.4) is 0 Å². The standard InChI is InChI=1S/C10H15N3O2S/c1-12(2)10(14)13-4-3-9-7(5-13)8(6-16)11-15-9/h16H,3-6H2,1-2H3. The molecule has 0 fully saturated rings. The lowest BCUT2D eigenvalue weighted by Gasteiger charge is -2.28. The fraction of sp³-hybridized carbons (Fsp3) is 0.600. The number of nitrogens with zero attached hydrogens (tertiary/aromatic N) is 3. The van der Waals surface area contributed by atoms with Crippen molar-refractivity contribution in [3.05, 3.63) is 17.0 Å². The molecule has 6 heteroatoms. The fourth-order valence-electron chi connectivity index (χ4n) is 1.83. The molecule has 1 aliphatic heterocycles. The summed E-state index contributed by atoms with van der Waals surface area (Å²) in [6.07, 6.45) is 0.732. The SMILES string of the molecule is CN(C)C(=O)N1CCc2onc(CS)c2C1. The van der Waals surface area contributed by atoms with Crippen LogP contribution in [0.4, 0.5) is 4.79 Å². The molecule has 0 saturated carbocycles. The van der Waals surface area contributed by atoms with Crippen LogP contribution >= 0.6 is 12.6 Å². The van der Waals surface area contributed by atoms with Crippen LogP contribution in [0.2, 0.25) is 0 Å². The van der Waals surface area contributed by atoms with Gasteiger partial charge in [-0.2, -0.15) is 12.6 Å². The molecule has 2 amide bonds. The number of hydrogen-bond donors (Lipinski definition) is 1. The summed E-state index contributed by atoms with van der Waals surface area (Å²) in [5.74, 6) is 1.44. The van der Waals surface area contributed by atoms with E-state index in [1.54, 1.807) is 23.9 Å². The van der Waals surface area contributed by atoms with Gasteiger partial charge in [0.15, 0.2) is 0 Å². The van der Waals surface area contributed by atoms with Crippen LogP contribution < -0.4 is 0 Å². The van der Waals surface area contributed by atoms with E-state index in [2.05, 4.69) is 17.8 Å². The minimum absolute atomic E-state index is 0.0250. The smallest absolute Gasteiger partial charge is 0.319 e. The van der Waals surface area contributed by atoms with Crippen molar-refractivity contribution in [3.8, 4) is 0 Å². The second-order valence-electron chi connectivity index (χ2n) is 4.04. The van der Waals surface area contributed by atoms with Gasteiger partial charge in [0.1, 0.15) is 5.76 Å². The molecular formula is C10H15N3O2S. The zero-order valence-electron chi connectivity index (χ0n) is 9.43. The van der Waals surface area contributed by atoms with E-state index in [-0.39, 0.29) is 6.03 Å². The summed E-state index contributed by atoms with van der Waals surface area (Å²) in [7, 11) is 3.51. The third-order valence-corrected chi connectivity index (χ3v) is 3.01. The molecule has 0 aliphatic carbocycles. The Morgan fingerprint density at radius 2 is 2.38 bits per heavy atom. The molecule has 0 N–H and O–H groups in total. The van der Waals surface area contributed by atoms with Gasteiger partial charge in [-0.3, -0.25) is 0 Å². The average molecular weight is 241 g/mol. The summed E-state index contributed by atoms with van der Waals surface area (Å²) in [6.45, 7) is 1.26. The van der Waals surface area contributed by atoms with Crippen molar-refractivity contribution < 1.29 is 9.32 Å². The number of fused-ring (bicyclic) bond motifs is 1. The van der Waals surface area contributed by atoms with E-state index in [9.17, 15) is 4.79 Å². The van der Waals surface area contributed by atoms with Crippen molar-refractivity contribution in [2.45, 2.75) is 18.7 Å². The molecule has 0 unspecified atom stereocenters. The van der Waals surface area contributed by atoms with E-state index in [1.165, 1.54) is 0 Å². The quantitative estimate of drug-likeness (QED) is 0.750. The lowest BCUT2D eigenvalue weighted by atomic mass is 10.1. The monoisotopic (exact) mass is 241 g/mol. The maximum atomic E-state index is 11.8. The van der Waals surface area contributed by atoms with Crippen LogP contribution in [0.15, 0.2) is 4.52 Å². The van der Waals surface area contributed by atoms with Crippen LogP contribution in [0.25, 0.3) is 0 Å². The third kappa shape index (κ3) is 1.89. The summed E-state index contributed by atoms with van der Waals surface area (Å²) in [5, 5.41) is 3.95. The Hall–Kier alpha value is -1.17. The molecule has 0 saturated heterocycles. The van der Waals surface area contributed by atoms with E-state index in [4.69, 9.17) is 4.52 Å². The number of hydrogen-bond acceptors (Lipinski definition) is 4. The summed E-state index contributed by atoms with van der Waals surface area (Å²) < 4.78 is 5.22. The minimum Gasteiger partial charge on any atom is -0.361 e. The van der Waals surface area contributed by atoms with Gasteiger partial charge in [-0.15, -0.1) is 0 Å². The summed E-state index contributed by atoms with van der Waals surface area (Å²) in [5.41, 5.74) is 1.87. The average Bonchev–Trinajstić information content (AvgIpc) is 2.69. The Labute approximate surface area is 99.8 Å². The van der Waals surface area contributed by atoms with Crippen LogP contribution in [-0.2, 0) is 18.7 Å². The Morgan fingerprint density at radius 1 is 1.62 bits per heavy atom. The van der Waals surface area contributed by atoms with Crippen molar-refractivity contribution in [2.75, 3.05) is 20.6 Å². The van der Waals surface area contributed by atoms with Gasteiger partial charge < -0.3 is 14.3 Å². The molecule has 2 heterocycles. The first kappa shape index (κ1) is 11.3. The molecular weight excluding hydrogens is 226 g/mol. The van der Waals surface area contributed by atoms with Gasteiger partial charge in [0, 0.05) is 38.4 Å². The topological polar surface area (TPSA) is 49.6 Å². The van der Waals surface area contributed by atoms with Crippen LogP contribution in [0.1, 0.15) is 17.0 Å². The normalized spacial score (nSPS) is 14.8. The highest BCUT2D eigenvalue weighted by molar-refractivity contribution is 7.79. The molecule has 5 nitrogen and oxygen atoms in total. The minimum atomic E-state index is 0.0250. The van der Waals surface area contributed by atoms with Crippen molar-refractivity contribution >= 4 is 18.7 Å². The van der Waals surface area contributed by atoms with E-state index < -0.39 is 0 Å². The van der Waals surface area contributed by atoms with Gasteiger partial charge in [0.25, 0.3) is 0 Å². The third-order valence-electron chi connectivity index (χ3n) is 2.71. The molecule has 88 valence electrons. The lowest BCUT2D eigenvalue weighted by molar-refractivity contribution is 0.163. The molecule has 1 aromatic heterocycles. The van der Waals surface area contributed by atoms with Gasteiger partial charge >= 0.3 is 6.03 Å². The summed E-state index contributed by atoms with van der Waals surface area (Å²) >= 11 is 4.20. The molecule has 2 rings (SSSR count). The zero-order valence-corrected chi connectivity index (χ0v) is 10.3. The van der Waals surface area contributed by atoms with E-state index in [1.807, 2.05) is 0 Å². The van der Waals surface area contributed by atoms with Gasteiger partial charge in [0.05, 0.1) is 12.2 Å². The van der Waals surface area contributed by atoms with Gasteiger partial charge in [-0.05, 0) is 0 Å². The molecule has 0 aromatic carbocycles. The second-order valence-corrected chi connectivity index (χ2v) is 4.35. The van der Waals surface area contributed by atoms with E-state index in [0.29, 0.717) is 18.8 Å². The van der Waals surface area contributed by atoms with Crippen molar-refractivity contribution in [1.29, 1.82) is 0 Å². The van der Waals surface area contributed by atoms with Gasteiger partial charge in [-0.25, -0.2) is 4.79 Å². The Balaban J connectivity index is 2.19. The molecule has 16 heavy (non-hydrogen) atoms. The summed E-state index contributed by atoms with van der Waals surface area (Å²) in [4.78, 5) is 15.2. The van der Waals surface area contributed by atoms with Crippen LogP contribution in [0, 0.1) is 0 Å². The number of aromatic nitrogens is 1. The van der Waals surface area contributed by atoms with Crippen LogP contribution in [0.5, 0.6) is 0 Å².